The summed E-state index contributed by atoms with van der Waals surface area (Å²) in [6.45, 7) is 5.09. The summed E-state index contributed by atoms with van der Waals surface area (Å²) in [5, 5.41) is 10.2. The highest BCUT2D eigenvalue weighted by Crippen LogP contribution is 2.24. The second-order valence-electron chi connectivity index (χ2n) is 4.79. The second kappa shape index (κ2) is 4.97. The standard InChI is InChI=1S/C12H18N2OS/c1-12(4-2-5-13-8-12)9-14-11(15)10-3-6-16-7-10/h3,6-7,13H,2,4-5,8-9H2,1H3,(H,14,15). The average molecular weight is 238 g/mol. The minimum absolute atomic E-state index is 0.0491. The van der Waals surface area contributed by atoms with Crippen LogP contribution in [-0.4, -0.2) is 25.5 Å². The van der Waals surface area contributed by atoms with Crippen LogP contribution in [0.25, 0.3) is 0 Å². The first-order chi connectivity index (χ1) is 7.70. The van der Waals surface area contributed by atoms with Crippen molar-refractivity contribution in [1.29, 1.82) is 0 Å². The maximum Gasteiger partial charge on any atom is 0.252 e. The maximum atomic E-state index is 11.8. The number of hydrogen-bond donors (Lipinski definition) is 2. The SMILES string of the molecule is CC1(CNC(=O)c2ccsc2)CCCNC1. The third kappa shape index (κ3) is 2.83. The highest BCUT2D eigenvalue weighted by atomic mass is 32.1. The van der Waals surface area contributed by atoms with Gasteiger partial charge in [0.25, 0.3) is 5.91 Å². The van der Waals surface area contributed by atoms with Crippen molar-refractivity contribution in [2.24, 2.45) is 5.41 Å². The van der Waals surface area contributed by atoms with Gasteiger partial charge in [-0.2, -0.15) is 11.3 Å². The summed E-state index contributed by atoms with van der Waals surface area (Å²) in [5.74, 6) is 0.0491. The molecule has 0 aromatic carbocycles. The quantitative estimate of drug-likeness (QED) is 0.844. The molecule has 0 aliphatic carbocycles. The van der Waals surface area contributed by atoms with Gasteiger partial charge in [0, 0.05) is 24.0 Å². The predicted molar refractivity (Wildman–Crippen MR) is 66.9 cm³/mol. The highest BCUT2D eigenvalue weighted by molar-refractivity contribution is 7.08. The van der Waals surface area contributed by atoms with Crippen molar-refractivity contribution in [3.8, 4) is 0 Å². The number of carbonyl (C=O) groups is 1. The fourth-order valence-electron chi connectivity index (χ4n) is 2.06. The molecular weight excluding hydrogens is 220 g/mol. The van der Waals surface area contributed by atoms with Crippen LogP contribution in [0.1, 0.15) is 30.1 Å². The Morgan fingerprint density at radius 3 is 3.19 bits per heavy atom. The Bertz CT molecular complexity index is 342. The van der Waals surface area contributed by atoms with Crippen LogP contribution in [0.15, 0.2) is 16.8 Å². The normalized spacial score (nSPS) is 25.3. The van der Waals surface area contributed by atoms with Crippen LogP contribution in [0.5, 0.6) is 0 Å². The fourth-order valence-corrected chi connectivity index (χ4v) is 2.69. The summed E-state index contributed by atoms with van der Waals surface area (Å²) >= 11 is 1.56. The molecular formula is C12H18N2OS. The number of rotatable bonds is 3. The molecule has 1 aromatic heterocycles. The molecule has 0 bridgehead atoms. The molecule has 2 heterocycles. The minimum Gasteiger partial charge on any atom is -0.351 e. The van der Waals surface area contributed by atoms with Crippen LogP contribution in [0.3, 0.4) is 0 Å². The summed E-state index contributed by atoms with van der Waals surface area (Å²) in [5.41, 5.74) is 0.988. The van der Waals surface area contributed by atoms with Gasteiger partial charge in [-0.1, -0.05) is 6.92 Å². The zero-order chi connectivity index (χ0) is 11.4. The summed E-state index contributed by atoms with van der Waals surface area (Å²) < 4.78 is 0. The Balaban J connectivity index is 1.84. The molecule has 1 unspecified atom stereocenters. The van der Waals surface area contributed by atoms with Gasteiger partial charge in [0.05, 0.1) is 0 Å². The lowest BCUT2D eigenvalue weighted by Gasteiger charge is -2.34. The molecule has 0 saturated carbocycles. The zero-order valence-electron chi connectivity index (χ0n) is 9.58. The molecule has 0 radical (unpaired) electrons. The van der Waals surface area contributed by atoms with E-state index in [0.717, 1.165) is 25.2 Å². The Hall–Kier alpha value is -0.870. The van der Waals surface area contributed by atoms with Gasteiger partial charge in [0.15, 0.2) is 0 Å². The van der Waals surface area contributed by atoms with Crippen molar-refractivity contribution >= 4 is 17.2 Å². The van der Waals surface area contributed by atoms with Gasteiger partial charge in [-0.3, -0.25) is 4.79 Å². The predicted octanol–water partition coefficient (Wildman–Crippen LogP) is 1.87. The van der Waals surface area contributed by atoms with Crippen molar-refractivity contribution in [2.45, 2.75) is 19.8 Å². The van der Waals surface area contributed by atoms with E-state index in [1.54, 1.807) is 11.3 Å². The first-order valence-corrected chi connectivity index (χ1v) is 6.65. The molecule has 3 nitrogen and oxygen atoms in total. The van der Waals surface area contributed by atoms with Gasteiger partial charge in [-0.15, -0.1) is 0 Å². The van der Waals surface area contributed by atoms with Crippen molar-refractivity contribution < 1.29 is 4.79 Å². The Morgan fingerprint density at radius 2 is 2.56 bits per heavy atom. The minimum atomic E-state index is 0.0491. The van der Waals surface area contributed by atoms with E-state index in [-0.39, 0.29) is 11.3 Å². The molecule has 1 saturated heterocycles. The van der Waals surface area contributed by atoms with Gasteiger partial charge in [0.2, 0.25) is 0 Å². The third-order valence-corrected chi connectivity index (χ3v) is 3.83. The van der Waals surface area contributed by atoms with Gasteiger partial charge in [0.1, 0.15) is 0 Å². The van der Waals surface area contributed by atoms with E-state index in [0.29, 0.717) is 0 Å². The molecule has 1 fully saturated rings. The first kappa shape index (κ1) is 11.6. The molecule has 1 atom stereocenters. The van der Waals surface area contributed by atoms with Crippen molar-refractivity contribution in [1.82, 2.24) is 10.6 Å². The molecule has 2 N–H and O–H groups in total. The van der Waals surface area contributed by atoms with E-state index in [9.17, 15) is 4.79 Å². The van der Waals surface area contributed by atoms with E-state index in [2.05, 4.69) is 17.6 Å². The lowest BCUT2D eigenvalue weighted by molar-refractivity contribution is 0.0925. The van der Waals surface area contributed by atoms with Crippen LogP contribution in [0.4, 0.5) is 0 Å². The number of thiophene rings is 1. The molecule has 4 heteroatoms. The van der Waals surface area contributed by atoms with E-state index in [4.69, 9.17) is 0 Å². The monoisotopic (exact) mass is 238 g/mol. The topological polar surface area (TPSA) is 41.1 Å². The summed E-state index contributed by atoms with van der Waals surface area (Å²) in [4.78, 5) is 11.8. The molecule has 88 valence electrons. The summed E-state index contributed by atoms with van der Waals surface area (Å²) in [6, 6.07) is 1.86. The van der Waals surface area contributed by atoms with E-state index < -0.39 is 0 Å². The van der Waals surface area contributed by atoms with Crippen molar-refractivity contribution in [2.75, 3.05) is 19.6 Å². The molecule has 1 aliphatic rings. The van der Waals surface area contributed by atoms with Gasteiger partial charge in [-0.25, -0.2) is 0 Å². The van der Waals surface area contributed by atoms with E-state index >= 15 is 0 Å². The van der Waals surface area contributed by atoms with E-state index in [1.165, 1.54) is 12.8 Å². The van der Waals surface area contributed by atoms with Gasteiger partial charge in [-0.05, 0) is 36.2 Å². The smallest absolute Gasteiger partial charge is 0.252 e. The molecule has 1 aromatic rings. The highest BCUT2D eigenvalue weighted by Gasteiger charge is 2.27. The average Bonchev–Trinajstić information content (AvgIpc) is 2.80. The Labute approximate surface area is 100 Å². The number of amides is 1. The molecule has 1 amide bonds. The largest absolute Gasteiger partial charge is 0.351 e. The van der Waals surface area contributed by atoms with E-state index in [1.807, 2.05) is 16.8 Å². The van der Waals surface area contributed by atoms with Crippen LogP contribution in [0, 0.1) is 5.41 Å². The molecule has 16 heavy (non-hydrogen) atoms. The van der Waals surface area contributed by atoms with Gasteiger partial charge >= 0.3 is 0 Å². The number of piperidine rings is 1. The molecule has 2 rings (SSSR count). The summed E-state index contributed by atoms with van der Waals surface area (Å²) in [6.07, 6.45) is 2.38. The Kier molecular flexibility index (Phi) is 3.61. The molecule has 0 spiro atoms. The van der Waals surface area contributed by atoms with Crippen LogP contribution < -0.4 is 10.6 Å². The van der Waals surface area contributed by atoms with Crippen molar-refractivity contribution in [3.05, 3.63) is 22.4 Å². The number of nitrogens with one attached hydrogen (secondary N) is 2. The third-order valence-electron chi connectivity index (χ3n) is 3.14. The lowest BCUT2D eigenvalue weighted by Crippen LogP contribution is -2.45. The first-order valence-electron chi connectivity index (χ1n) is 5.71. The number of hydrogen-bond acceptors (Lipinski definition) is 3. The zero-order valence-corrected chi connectivity index (χ0v) is 10.4. The maximum absolute atomic E-state index is 11.8. The van der Waals surface area contributed by atoms with Crippen LogP contribution in [0.2, 0.25) is 0 Å². The number of carbonyl (C=O) groups excluding carboxylic acids is 1. The molecule has 1 aliphatic heterocycles. The lowest BCUT2D eigenvalue weighted by atomic mass is 9.83. The van der Waals surface area contributed by atoms with Crippen LogP contribution >= 0.6 is 11.3 Å². The Morgan fingerprint density at radius 1 is 1.69 bits per heavy atom. The van der Waals surface area contributed by atoms with Crippen LogP contribution in [-0.2, 0) is 0 Å². The van der Waals surface area contributed by atoms with Gasteiger partial charge < -0.3 is 10.6 Å². The fraction of sp³-hybridized carbons (Fsp3) is 0.583. The summed E-state index contributed by atoms with van der Waals surface area (Å²) in [7, 11) is 0. The second-order valence-corrected chi connectivity index (χ2v) is 5.57. The van der Waals surface area contributed by atoms with Crippen molar-refractivity contribution in [3.63, 3.8) is 0 Å².